The topological polar surface area (TPSA) is 35.5 Å². The lowest BCUT2D eigenvalue weighted by Crippen LogP contribution is -2.41. The minimum atomic E-state index is -0.331. The molecule has 3 nitrogen and oxygen atoms in total. The Morgan fingerprint density at radius 3 is 2.92 bits per heavy atom. The average Bonchev–Trinajstić information content (AvgIpc) is 2.19. The summed E-state index contributed by atoms with van der Waals surface area (Å²) in [6, 6.07) is 0. The number of carbonyl (C=O) groups is 1. The van der Waals surface area contributed by atoms with Gasteiger partial charge in [-0.25, -0.2) is 0 Å². The smallest absolute Gasteiger partial charge is 0.122 e. The zero-order valence-corrected chi connectivity index (χ0v) is 8.41. The molecule has 0 aromatic heterocycles. The lowest BCUT2D eigenvalue weighted by Gasteiger charge is -2.37. The van der Waals surface area contributed by atoms with Crippen LogP contribution in [0.15, 0.2) is 0 Å². The molecule has 0 aromatic rings. The van der Waals surface area contributed by atoms with Crippen molar-refractivity contribution in [1.82, 2.24) is 0 Å². The van der Waals surface area contributed by atoms with Crippen molar-refractivity contribution in [3.63, 3.8) is 0 Å². The summed E-state index contributed by atoms with van der Waals surface area (Å²) in [6.45, 7) is 3.55. The molecule has 0 spiro atoms. The maximum atomic E-state index is 10.5. The quantitative estimate of drug-likeness (QED) is 0.623. The molecule has 0 aliphatic carbocycles. The van der Waals surface area contributed by atoms with Gasteiger partial charge in [0.2, 0.25) is 0 Å². The Balaban J connectivity index is 2.56. The van der Waals surface area contributed by atoms with E-state index in [2.05, 4.69) is 0 Å². The third-order valence-electron chi connectivity index (χ3n) is 2.98. The summed E-state index contributed by atoms with van der Waals surface area (Å²) in [5.41, 5.74) is -0.331. The van der Waals surface area contributed by atoms with Crippen molar-refractivity contribution in [2.24, 2.45) is 5.92 Å². The van der Waals surface area contributed by atoms with Crippen LogP contribution in [0.5, 0.6) is 0 Å². The van der Waals surface area contributed by atoms with Gasteiger partial charge in [0.05, 0.1) is 12.2 Å². The Morgan fingerprint density at radius 1 is 1.69 bits per heavy atom. The molecule has 1 rings (SSSR count). The lowest BCUT2D eigenvalue weighted by atomic mass is 9.83. The van der Waals surface area contributed by atoms with Crippen LogP contribution < -0.4 is 0 Å². The average molecular weight is 186 g/mol. The molecule has 0 saturated carbocycles. The van der Waals surface area contributed by atoms with E-state index in [1.165, 1.54) is 0 Å². The summed E-state index contributed by atoms with van der Waals surface area (Å²) < 4.78 is 10.8. The summed E-state index contributed by atoms with van der Waals surface area (Å²) in [5.74, 6) is 0.358. The largest absolute Gasteiger partial charge is 0.381 e. The molecule has 0 bridgehead atoms. The fraction of sp³-hybridized carbons (Fsp3) is 0.900. The number of methoxy groups -OCH3 is 1. The van der Waals surface area contributed by atoms with Gasteiger partial charge in [0.25, 0.3) is 0 Å². The molecule has 0 N–H and O–H groups in total. The SMILES string of the molecule is COC(C)(CC=O)C1CCCOC1. The van der Waals surface area contributed by atoms with Gasteiger partial charge in [0.15, 0.2) is 0 Å². The van der Waals surface area contributed by atoms with E-state index in [9.17, 15) is 4.79 Å². The predicted octanol–water partition coefficient (Wildman–Crippen LogP) is 1.41. The zero-order valence-electron chi connectivity index (χ0n) is 8.41. The van der Waals surface area contributed by atoms with Crippen molar-refractivity contribution in [3.8, 4) is 0 Å². The van der Waals surface area contributed by atoms with E-state index in [1.807, 2.05) is 6.92 Å². The van der Waals surface area contributed by atoms with Crippen LogP contribution in [-0.2, 0) is 14.3 Å². The summed E-state index contributed by atoms with van der Waals surface area (Å²) in [7, 11) is 1.66. The second-order valence-electron chi connectivity index (χ2n) is 3.80. The summed E-state index contributed by atoms with van der Waals surface area (Å²) in [4.78, 5) is 10.5. The van der Waals surface area contributed by atoms with Gasteiger partial charge in [-0.3, -0.25) is 0 Å². The van der Waals surface area contributed by atoms with Gasteiger partial charge in [-0.2, -0.15) is 0 Å². The number of hydrogen-bond acceptors (Lipinski definition) is 3. The first-order valence-corrected chi connectivity index (χ1v) is 4.79. The van der Waals surface area contributed by atoms with E-state index in [0.29, 0.717) is 12.3 Å². The minimum Gasteiger partial charge on any atom is -0.381 e. The highest BCUT2D eigenvalue weighted by molar-refractivity contribution is 5.51. The third-order valence-corrected chi connectivity index (χ3v) is 2.98. The van der Waals surface area contributed by atoms with Gasteiger partial charge in [-0.05, 0) is 19.8 Å². The van der Waals surface area contributed by atoms with Gasteiger partial charge in [0, 0.05) is 26.1 Å². The maximum absolute atomic E-state index is 10.5. The molecule has 1 heterocycles. The second-order valence-corrected chi connectivity index (χ2v) is 3.80. The summed E-state index contributed by atoms with van der Waals surface area (Å²) >= 11 is 0. The molecule has 1 aliphatic rings. The standard InChI is InChI=1S/C10H18O3/c1-10(12-2,5-6-11)9-4-3-7-13-8-9/h6,9H,3-5,7-8H2,1-2H3. The Kier molecular flexibility index (Phi) is 3.88. The molecule has 1 fully saturated rings. The molecule has 2 unspecified atom stereocenters. The highest BCUT2D eigenvalue weighted by Crippen LogP contribution is 2.30. The molecule has 13 heavy (non-hydrogen) atoms. The highest BCUT2D eigenvalue weighted by Gasteiger charge is 2.35. The lowest BCUT2D eigenvalue weighted by molar-refractivity contribution is -0.123. The van der Waals surface area contributed by atoms with Crippen LogP contribution in [0.2, 0.25) is 0 Å². The first-order valence-electron chi connectivity index (χ1n) is 4.79. The first kappa shape index (κ1) is 10.7. The number of carbonyl (C=O) groups excluding carboxylic acids is 1. The third kappa shape index (κ3) is 2.51. The fourth-order valence-electron chi connectivity index (χ4n) is 1.80. The molecule has 1 saturated heterocycles. The van der Waals surface area contributed by atoms with Crippen LogP contribution >= 0.6 is 0 Å². The van der Waals surface area contributed by atoms with Gasteiger partial charge < -0.3 is 14.3 Å². The minimum absolute atomic E-state index is 0.331. The number of hydrogen-bond donors (Lipinski definition) is 0. The molecule has 0 radical (unpaired) electrons. The van der Waals surface area contributed by atoms with Crippen molar-refractivity contribution < 1.29 is 14.3 Å². The Hall–Kier alpha value is -0.410. The molecule has 1 aliphatic heterocycles. The Labute approximate surface area is 79.4 Å². The van der Waals surface area contributed by atoms with Gasteiger partial charge in [-0.15, -0.1) is 0 Å². The van der Waals surface area contributed by atoms with Crippen LogP contribution in [0, 0.1) is 5.92 Å². The van der Waals surface area contributed by atoms with Crippen molar-refractivity contribution in [1.29, 1.82) is 0 Å². The van der Waals surface area contributed by atoms with Gasteiger partial charge in [-0.1, -0.05) is 0 Å². The number of ether oxygens (including phenoxy) is 2. The van der Waals surface area contributed by atoms with Crippen molar-refractivity contribution in [2.45, 2.75) is 31.8 Å². The fourth-order valence-corrected chi connectivity index (χ4v) is 1.80. The summed E-state index contributed by atoms with van der Waals surface area (Å²) in [6.07, 6.45) is 3.55. The molecule has 3 heteroatoms. The van der Waals surface area contributed by atoms with E-state index in [-0.39, 0.29) is 5.60 Å². The Bertz CT molecular complexity index is 164. The van der Waals surface area contributed by atoms with E-state index >= 15 is 0 Å². The van der Waals surface area contributed by atoms with Crippen LogP contribution in [0.1, 0.15) is 26.2 Å². The van der Waals surface area contributed by atoms with Gasteiger partial charge in [0.1, 0.15) is 6.29 Å². The van der Waals surface area contributed by atoms with Crippen molar-refractivity contribution in [2.75, 3.05) is 20.3 Å². The molecular formula is C10H18O3. The zero-order chi connectivity index (χ0) is 9.73. The normalized spacial score (nSPS) is 28.0. The van der Waals surface area contributed by atoms with Crippen LogP contribution in [0.4, 0.5) is 0 Å². The monoisotopic (exact) mass is 186 g/mol. The number of aldehydes is 1. The maximum Gasteiger partial charge on any atom is 0.122 e. The first-order chi connectivity index (χ1) is 6.23. The van der Waals surface area contributed by atoms with Crippen LogP contribution in [-0.4, -0.2) is 32.2 Å². The summed E-state index contributed by atoms with van der Waals surface area (Å²) in [5, 5.41) is 0. The molecular weight excluding hydrogens is 168 g/mol. The van der Waals surface area contributed by atoms with E-state index in [4.69, 9.17) is 9.47 Å². The van der Waals surface area contributed by atoms with E-state index < -0.39 is 0 Å². The predicted molar refractivity (Wildman–Crippen MR) is 49.6 cm³/mol. The van der Waals surface area contributed by atoms with Crippen LogP contribution in [0.25, 0.3) is 0 Å². The molecule has 0 aromatic carbocycles. The van der Waals surface area contributed by atoms with Crippen molar-refractivity contribution >= 4 is 6.29 Å². The molecule has 0 amide bonds. The number of rotatable bonds is 4. The van der Waals surface area contributed by atoms with E-state index in [0.717, 1.165) is 32.3 Å². The van der Waals surface area contributed by atoms with E-state index in [1.54, 1.807) is 7.11 Å². The molecule has 2 atom stereocenters. The van der Waals surface area contributed by atoms with Crippen molar-refractivity contribution in [3.05, 3.63) is 0 Å². The van der Waals surface area contributed by atoms with Gasteiger partial charge >= 0.3 is 0 Å². The van der Waals surface area contributed by atoms with Crippen LogP contribution in [0.3, 0.4) is 0 Å². The highest BCUT2D eigenvalue weighted by atomic mass is 16.5. The molecule has 76 valence electrons. The second kappa shape index (κ2) is 4.72. The Morgan fingerprint density at radius 2 is 2.46 bits per heavy atom.